The van der Waals surface area contributed by atoms with Crippen LogP contribution in [0.4, 0.5) is 0 Å². The Bertz CT molecular complexity index is 1080. The van der Waals surface area contributed by atoms with Crippen molar-refractivity contribution in [3.8, 4) is 11.3 Å². The first-order chi connectivity index (χ1) is 11.6. The molecule has 4 rings (SSSR count). The normalized spacial score (nSPS) is 11.2. The second-order valence-corrected chi connectivity index (χ2v) is 6.12. The van der Waals surface area contributed by atoms with Crippen molar-refractivity contribution >= 4 is 28.8 Å². The molecule has 3 aromatic heterocycles. The van der Waals surface area contributed by atoms with Gasteiger partial charge in [0.1, 0.15) is 0 Å². The van der Waals surface area contributed by atoms with Crippen LogP contribution in [0.5, 0.6) is 0 Å². The van der Waals surface area contributed by atoms with E-state index in [0.717, 1.165) is 5.56 Å². The van der Waals surface area contributed by atoms with E-state index in [9.17, 15) is 4.79 Å². The van der Waals surface area contributed by atoms with Gasteiger partial charge in [0.2, 0.25) is 0 Å². The van der Waals surface area contributed by atoms with Crippen LogP contribution < -0.4 is 5.56 Å². The van der Waals surface area contributed by atoms with Gasteiger partial charge in [0, 0.05) is 35.1 Å². The fourth-order valence-electron chi connectivity index (χ4n) is 2.53. The lowest BCUT2D eigenvalue weighted by Gasteiger charge is -2.01. The summed E-state index contributed by atoms with van der Waals surface area (Å²) in [6.07, 6.45) is 3.50. The molecular formula is C16H11Cl2N5O. The molecule has 0 saturated heterocycles. The first-order valence-corrected chi connectivity index (χ1v) is 7.90. The van der Waals surface area contributed by atoms with Crippen molar-refractivity contribution < 1.29 is 0 Å². The average Bonchev–Trinajstić information content (AvgIpc) is 3.17. The summed E-state index contributed by atoms with van der Waals surface area (Å²) in [7, 11) is 0. The van der Waals surface area contributed by atoms with E-state index in [1.807, 2.05) is 12.3 Å². The fourth-order valence-corrected chi connectivity index (χ4v) is 3.04. The highest BCUT2D eigenvalue weighted by Crippen LogP contribution is 2.29. The zero-order chi connectivity index (χ0) is 16.7. The Morgan fingerprint density at radius 1 is 1.17 bits per heavy atom. The maximum atomic E-state index is 12.3. The summed E-state index contributed by atoms with van der Waals surface area (Å²) in [6, 6.07) is 10.3. The smallest absolute Gasteiger partial charge is 0.272 e. The van der Waals surface area contributed by atoms with Crippen molar-refractivity contribution in [2.24, 2.45) is 0 Å². The van der Waals surface area contributed by atoms with Gasteiger partial charge < -0.3 is 0 Å². The third kappa shape index (κ3) is 2.70. The lowest BCUT2D eigenvalue weighted by Crippen LogP contribution is -2.16. The minimum Gasteiger partial charge on any atom is -0.289 e. The van der Waals surface area contributed by atoms with Crippen LogP contribution in [0.1, 0.15) is 5.69 Å². The van der Waals surface area contributed by atoms with Gasteiger partial charge in [-0.2, -0.15) is 5.10 Å². The van der Waals surface area contributed by atoms with Crippen LogP contribution >= 0.6 is 23.2 Å². The third-order valence-electron chi connectivity index (χ3n) is 3.61. The Morgan fingerprint density at radius 3 is 2.79 bits per heavy atom. The summed E-state index contributed by atoms with van der Waals surface area (Å²) in [4.78, 5) is 16.8. The van der Waals surface area contributed by atoms with Gasteiger partial charge in [0.25, 0.3) is 5.56 Å². The number of fused-ring (bicyclic) bond motifs is 1. The van der Waals surface area contributed by atoms with Crippen molar-refractivity contribution in [2.45, 2.75) is 6.54 Å². The standard InChI is InChI=1S/C16H11Cl2N5O/c17-10-2-3-12(13(18)6-10)14-8-15-20-11(7-16(24)23(15)21-14)9-22-5-1-4-19-22/h1-8,21H,9H2. The molecule has 6 nitrogen and oxygen atoms in total. The molecule has 1 N–H and O–H groups in total. The number of halogens is 2. The molecule has 1 aromatic carbocycles. The summed E-state index contributed by atoms with van der Waals surface area (Å²) < 4.78 is 3.09. The monoisotopic (exact) mass is 359 g/mol. The quantitative estimate of drug-likeness (QED) is 0.610. The van der Waals surface area contributed by atoms with Crippen LogP contribution in [0.3, 0.4) is 0 Å². The predicted molar refractivity (Wildman–Crippen MR) is 92.6 cm³/mol. The molecule has 0 unspecified atom stereocenters. The Hall–Kier alpha value is -2.57. The number of nitrogens with zero attached hydrogens (tertiary/aromatic N) is 4. The molecule has 0 amide bonds. The molecule has 0 saturated carbocycles. The van der Waals surface area contributed by atoms with Crippen LogP contribution in [0.25, 0.3) is 16.9 Å². The van der Waals surface area contributed by atoms with Crippen molar-refractivity contribution in [1.29, 1.82) is 0 Å². The molecule has 0 fully saturated rings. The summed E-state index contributed by atoms with van der Waals surface area (Å²) >= 11 is 12.2. The number of aromatic amines is 1. The summed E-state index contributed by atoms with van der Waals surface area (Å²) in [5, 5.41) is 8.19. The third-order valence-corrected chi connectivity index (χ3v) is 4.16. The molecule has 0 radical (unpaired) electrons. The Kier molecular flexibility index (Phi) is 3.63. The number of hydrogen-bond donors (Lipinski definition) is 1. The SMILES string of the molecule is O=c1cc(Cn2cccn2)nc2cc(-c3ccc(Cl)cc3Cl)[nH]n12. The summed E-state index contributed by atoms with van der Waals surface area (Å²) in [5.74, 6) is 0. The predicted octanol–water partition coefficient (Wildman–Crippen LogP) is 3.24. The van der Waals surface area contributed by atoms with Crippen LogP contribution in [-0.4, -0.2) is 24.4 Å². The molecule has 120 valence electrons. The average molecular weight is 360 g/mol. The highest BCUT2D eigenvalue weighted by Gasteiger charge is 2.11. The molecule has 3 heterocycles. The highest BCUT2D eigenvalue weighted by atomic mass is 35.5. The van der Waals surface area contributed by atoms with Crippen molar-refractivity contribution in [3.05, 3.63) is 74.9 Å². The first-order valence-electron chi connectivity index (χ1n) is 7.15. The fraction of sp³-hybridized carbons (Fsp3) is 0.0625. The van der Waals surface area contributed by atoms with E-state index in [4.69, 9.17) is 23.2 Å². The zero-order valence-corrected chi connectivity index (χ0v) is 13.8. The molecule has 8 heteroatoms. The van der Waals surface area contributed by atoms with Gasteiger partial charge in [-0.15, -0.1) is 0 Å². The number of aromatic nitrogens is 5. The Morgan fingerprint density at radius 2 is 2.04 bits per heavy atom. The second-order valence-electron chi connectivity index (χ2n) is 5.28. The van der Waals surface area contributed by atoms with Crippen molar-refractivity contribution in [1.82, 2.24) is 24.4 Å². The zero-order valence-electron chi connectivity index (χ0n) is 12.3. The molecule has 0 aliphatic carbocycles. The van der Waals surface area contributed by atoms with Crippen LogP contribution in [0.15, 0.2) is 53.6 Å². The van der Waals surface area contributed by atoms with Gasteiger partial charge in [-0.05, 0) is 24.3 Å². The van der Waals surface area contributed by atoms with E-state index in [1.54, 1.807) is 35.1 Å². The van der Waals surface area contributed by atoms with E-state index in [0.29, 0.717) is 33.6 Å². The lowest BCUT2D eigenvalue weighted by atomic mass is 10.1. The van der Waals surface area contributed by atoms with E-state index >= 15 is 0 Å². The van der Waals surface area contributed by atoms with Gasteiger partial charge in [-0.25, -0.2) is 9.50 Å². The molecule has 0 atom stereocenters. The molecule has 0 spiro atoms. The Labute approximate surface area is 146 Å². The van der Waals surface area contributed by atoms with E-state index in [1.165, 1.54) is 10.6 Å². The number of rotatable bonds is 3. The molecular weight excluding hydrogens is 349 g/mol. The van der Waals surface area contributed by atoms with Gasteiger partial charge in [-0.1, -0.05) is 23.2 Å². The van der Waals surface area contributed by atoms with Crippen LogP contribution in [0, 0.1) is 0 Å². The molecule has 0 aliphatic heterocycles. The number of H-pyrrole nitrogens is 1. The van der Waals surface area contributed by atoms with E-state index in [2.05, 4.69) is 15.2 Å². The summed E-state index contributed by atoms with van der Waals surface area (Å²) in [5.41, 5.74) is 2.40. The minimum absolute atomic E-state index is 0.196. The largest absolute Gasteiger partial charge is 0.289 e. The number of nitrogens with one attached hydrogen (secondary N) is 1. The van der Waals surface area contributed by atoms with Crippen LogP contribution in [0.2, 0.25) is 10.0 Å². The lowest BCUT2D eigenvalue weighted by molar-refractivity contribution is 0.669. The first kappa shape index (κ1) is 15.0. The Balaban J connectivity index is 1.80. The van der Waals surface area contributed by atoms with Crippen molar-refractivity contribution in [3.63, 3.8) is 0 Å². The van der Waals surface area contributed by atoms with E-state index in [-0.39, 0.29) is 5.56 Å². The number of hydrogen-bond acceptors (Lipinski definition) is 3. The number of benzene rings is 1. The molecule has 4 aromatic rings. The van der Waals surface area contributed by atoms with Gasteiger partial charge in [0.05, 0.1) is 23.0 Å². The second kappa shape index (κ2) is 5.81. The summed E-state index contributed by atoms with van der Waals surface area (Å²) in [6.45, 7) is 0.432. The minimum atomic E-state index is -0.196. The molecule has 0 aliphatic rings. The molecule has 24 heavy (non-hydrogen) atoms. The van der Waals surface area contributed by atoms with Gasteiger partial charge >= 0.3 is 0 Å². The van der Waals surface area contributed by atoms with Gasteiger partial charge in [0.15, 0.2) is 5.65 Å². The maximum Gasteiger partial charge on any atom is 0.272 e. The van der Waals surface area contributed by atoms with Crippen LogP contribution in [-0.2, 0) is 6.54 Å². The molecule has 0 bridgehead atoms. The maximum absolute atomic E-state index is 12.3. The highest BCUT2D eigenvalue weighted by molar-refractivity contribution is 6.36. The van der Waals surface area contributed by atoms with Crippen molar-refractivity contribution in [2.75, 3.05) is 0 Å². The topological polar surface area (TPSA) is 68.0 Å². The van der Waals surface area contributed by atoms with E-state index < -0.39 is 0 Å². The van der Waals surface area contributed by atoms with Gasteiger partial charge in [-0.3, -0.25) is 14.6 Å².